The summed E-state index contributed by atoms with van der Waals surface area (Å²) in [7, 11) is 0. The van der Waals surface area contributed by atoms with Crippen LogP contribution in [0, 0.1) is 5.92 Å². The third kappa shape index (κ3) is 2.68. The normalized spacial score (nSPS) is 22.0. The van der Waals surface area contributed by atoms with Crippen molar-refractivity contribution in [3.05, 3.63) is 30.5 Å². The van der Waals surface area contributed by atoms with Crippen molar-refractivity contribution in [2.75, 3.05) is 6.54 Å². The van der Waals surface area contributed by atoms with Crippen molar-refractivity contribution < 1.29 is 14.7 Å². The van der Waals surface area contributed by atoms with E-state index in [-0.39, 0.29) is 18.5 Å². The maximum Gasteiger partial charge on any atom is 0.308 e. The van der Waals surface area contributed by atoms with E-state index in [9.17, 15) is 14.7 Å². The van der Waals surface area contributed by atoms with Gasteiger partial charge in [0, 0.05) is 24.2 Å². The molecule has 2 atom stereocenters. The minimum absolute atomic E-state index is 0.0775. The highest BCUT2D eigenvalue weighted by Crippen LogP contribution is 2.24. The number of rotatable bonds is 3. The first kappa shape index (κ1) is 14.6. The third-order valence-corrected chi connectivity index (χ3v) is 4.38. The highest BCUT2D eigenvalue weighted by Gasteiger charge is 2.35. The number of hydrogen-bond donors (Lipinski definition) is 1. The van der Waals surface area contributed by atoms with Crippen LogP contribution in [0.2, 0.25) is 0 Å². The van der Waals surface area contributed by atoms with Crippen LogP contribution < -0.4 is 0 Å². The molecule has 0 unspecified atom stereocenters. The third-order valence-electron chi connectivity index (χ3n) is 4.38. The van der Waals surface area contributed by atoms with Gasteiger partial charge in [-0.1, -0.05) is 18.2 Å². The molecule has 1 aliphatic rings. The molecular formula is C16H19N3O3. The van der Waals surface area contributed by atoms with Gasteiger partial charge in [0.2, 0.25) is 5.91 Å². The monoisotopic (exact) mass is 301 g/mol. The van der Waals surface area contributed by atoms with E-state index in [0.29, 0.717) is 13.0 Å². The van der Waals surface area contributed by atoms with Crippen LogP contribution in [0.15, 0.2) is 30.5 Å². The zero-order valence-corrected chi connectivity index (χ0v) is 12.5. The van der Waals surface area contributed by atoms with Crippen molar-refractivity contribution in [2.24, 2.45) is 5.92 Å². The smallest absolute Gasteiger partial charge is 0.308 e. The number of aromatic nitrogens is 2. The number of nitrogens with zero attached hydrogens (tertiary/aromatic N) is 3. The lowest BCUT2D eigenvalue weighted by atomic mass is 9.90. The maximum atomic E-state index is 12.5. The van der Waals surface area contributed by atoms with Gasteiger partial charge in [-0.25, -0.2) is 0 Å². The molecule has 22 heavy (non-hydrogen) atoms. The zero-order valence-electron chi connectivity index (χ0n) is 12.5. The zero-order chi connectivity index (χ0) is 15.7. The van der Waals surface area contributed by atoms with Gasteiger partial charge in [0.05, 0.1) is 11.4 Å². The second-order valence-electron chi connectivity index (χ2n) is 5.80. The molecule has 2 heterocycles. The first-order valence-corrected chi connectivity index (χ1v) is 7.51. The van der Waals surface area contributed by atoms with E-state index in [2.05, 4.69) is 5.10 Å². The standard InChI is InChI=1S/C16H19N3O3/c1-11-13(16(21)22)6-4-8-19(11)15(20)10-18-9-12-5-2-3-7-14(12)17-18/h2-3,5,7,9,11,13H,4,6,8,10H2,1H3,(H,21,22)/t11-,13-/m1/s1. The van der Waals surface area contributed by atoms with E-state index in [1.54, 1.807) is 9.58 Å². The molecule has 6 nitrogen and oxygen atoms in total. The van der Waals surface area contributed by atoms with Crippen LogP contribution in [0.5, 0.6) is 0 Å². The van der Waals surface area contributed by atoms with Crippen LogP contribution in [0.25, 0.3) is 10.9 Å². The molecule has 0 saturated carbocycles. The second kappa shape index (κ2) is 5.79. The van der Waals surface area contributed by atoms with Crippen LogP contribution in [0.4, 0.5) is 0 Å². The Labute approximate surface area is 128 Å². The summed E-state index contributed by atoms with van der Waals surface area (Å²) in [6.07, 6.45) is 3.20. The van der Waals surface area contributed by atoms with Crippen LogP contribution in [0.1, 0.15) is 19.8 Å². The SMILES string of the molecule is C[C@@H]1[C@H](C(=O)O)CCCN1C(=O)Cn1cc2ccccc2n1. The van der Waals surface area contributed by atoms with E-state index >= 15 is 0 Å². The molecule has 1 fully saturated rings. The largest absolute Gasteiger partial charge is 0.481 e. The highest BCUT2D eigenvalue weighted by atomic mass is 16.4. The number of piperidine rings is 1. The van der Waals surface area contributed by atoms with Gasteiger partial charge in [-0.3, -0.25) is 14.3 Å². The van der Waals surface area contributed by atoms with Crippen molar-refractivity contribution in [1.29, 1.82) is 0 Å². The Hall–Kier alpha value is -2.37. The summed E-state index contributed by atoms with van der Waals surface area (Å²) >= 11 is 0. The van der Waals surface area contributed by atoms with Gasteiger partial charge in [0.15, 0.2) is 0 Å². The molecule has 0 bridgehead atoms. The minimum Gasteiger partial charge on any atom is -0.481 e. The number of carbonyl (C=O) groups excluding carboxylic acids is 1. The van der Waals surface area contributed by atoms with Crippen molar-refractivity contribution >= 4 is 22.8 Å². The number of benzene rings is 1. The van der Waals surface area contributed by atoms with Crippen LogP contribution in [-0.2, 0) is 16.1 Å². The fraction of sp³-hybridized carbons (Fsp3) is 0.438. The minimum atomic E-state index is -0.824. The molecule has 2 aromatic rings. The van der Waals surface area contributed by atoms with Crippen molar-refractivity contribution in [2.45, 2.75) is 32.4 Å². The van der Waals surface area contributed by atoms with Crippen molar-refractivity contribution in [3.8, 4) is 0 Å². The second-order valence-corrected chi connectivity index (χ2v) is 5.80. The van der Waals surface area contributed by atoms with E-state index in [0.717, 1.165) is 17.3 Å². The Kier molecular flexibility index (Phi) is 3.83. The Balaban J connectivity index is 1.74. The van der Waals surface area contributed by atoms with Gasteiger partial charge >= 0.3 is 5.97 Å². The molecule has 0 aliphatic carbocycles. The predicted molar refractivity (Wildman–Crippen MR) is 81.3 cm³/mol. The summed E-state index contributed by atoms with van der Waals surface area (Å²) < 4.78 is 1.63. The molecule has 1 N–H and O–H groups in total. The topological polar surface area (TPSA) is 75.4 Å². The van der Waals surface area contributed by atoms with Crippen LogP contribution in [0.3, 0.4) is 0 Å². The quantitative estimate of drug-likeness (QED) is 0.937. The summed E-state index contributed by atoms with van der Waals surface area (Å²) in [5, 5.41) is 14.6. The number of hydrogen-bond acceptors (Lipinski definition) is 3. The van der Waals surface area contributed by atoms with Crippen LogP contribution >= 0.6 is 0 Å². The predicted octanol–water partition coefficient (Wildman–Crippen LogP) is 1.75. The van der Waals surface area contributed by atoms with Gasteiger partial charge in [-0.2, -0.15) is 5.10 Å². The van der Waals surface area contributed by atoms with Crippen molar-refractivity contribution in [3.63, 3.8) is 0 Å². The summed E-state index contributed by atoms with van der Waals surface area (Å²) in [5.74, 6) is -1.38. The number of amides is 1. The van der Waals surface area contributed by atoms with Gasteiger partial charge in [-0.15, -0.1) is 0 Å². The fourth-order valence-electron chi connectivity index (χ4n) is 3.15. The summed E-state index contributed by atoms with van der Waals surface area (Å²) in [6.45, 7) is 2.57. The Morgan fingerprint density at radius 3 is 2.86 bits per heavy atom. The number of carbonyl (C=O) groups is 2. The van der Waals surface area contributed by atoms with Crippen LogP contribution in [-0.4, -0.2) is 44.3 Å². The molecule has 0 spiro atoms. The number of likely N-dealkylation sites (tertiary alicyclic amines) is 1. The first-order chi connectivity index (χ1) is 10.6. The molecule has 1 amide bonds. The van der Waals surface area contributed by atoms with E-state index < -0.39 is 11.9 Å². The Morgan fingerprint density at radius 2 is 2.14 bits per heavy atom. The van der Waals surface area contributed by atoms with E-state index in [4.69, 9.17) is 0 Å². The maximum absolute atomic E-state index is 12.5. The molecule has 1 aliphatic heterocycles. The van der Waals surface area contributed by atoms with Gasteiger partial charge in [0.1, 0.15) is 6.54 Å². The lowest BCUT2D eigenvalue weighted by Gasteiger charge is -2.37. The summed E-state index contributed by atoms with van der Waals surface area (Å²) in [5.41, 5.74) is 0.852. The molecule has 6 heteroatoms. The average Bonchev–Trinajstić information content (AvgIpc) is 2.89. The number of aliphatic carboxylic acids is 1. The number of carboxylic acids is 1. The lowest BCUT2D eigenvalue weighted by Crippen LogP contribution is -2.50. The Bertz CT molecular complexity index is 676. The van der Waals surface area contributed by atoms with Gasteiger partial charge in [-0.05, 0) is 25.8 Å². The van der Waals surface area contributed by atoms with E-state index in [1.807, 2.05) is 37.4 Å². The van der Waals surface area contributed by atoms with Crippen molar-refractivity contribution in [1.82, 2.24) is 14.7 Å². The average molecular weight is 301 g/mol. The highest BCUT2D eigenvalue weighted by molar-refractivity contribution is 5.81. The summed E-state index contributed by atoms with van der Waals surface area (Å²) in [6, 6.07) is 7.42. The summed E-state index contributed by atoms with van der Waals surface area (Å²) in [4.78, 5) is 25.4. The Morgan fingerprint density at radius 1 is 1.36 bits per heavy atom. The number of carboxylic acid groups (broad SMARTS) is 1. The molecule has 1 aromatic carbocycles. The fourth-order valence-corrected chi connectivity index (χ4v) is 3.15. The lowest BCUT2D eigenvalue weighted by molar-refractivity contribution is -0.149. The van der Waals surface area contributed by atoms with Gasteiger partial charge in [0.25, 0.3) is 0 Å². The molecule has 1 saturated heterocycles. The molecule has 0 radical (unpaired) electrons. The molecule has 116 valence electrons. The number of fused-ring (bicyclic) bond motifs is 1. The first-order valence-electron chi connectivity index (χ1n) is 7.51. The molecular weight excluding hydrogens is 282 g/mol. The van der Waals surface area contributed by atoms with Gasteiger partial charge < -0.3 is 10.0 Å². The molecule has 3 rings (SSSR count). The molecule has 1 aromatic heterocycles. The van der Waals surface area contributed by atoms with E-state index in [1.165, 1.54) is 0 Å².